The maximum absolute atomic E-state index is 14.0. The molecule has 1 atom stereocenters. The number of esters is 1. The molecular formula is C13H13ClFNO5S. The van der Waals surface area contributed by atoms with E-state index >= 15 is 0 Å². The number of ether oxygens (including phenoxy) is 1. The number of anilines is 1. The molecule has 1 aromatic carbocycles. The van der Waals surface area contributed by atoms with Gasteiger partial charge in [-0.15, -0.1) is 0 Å². The van der Waals surface area contributed by atoms with E-state index in [1.54, 1.807) is 0 Å². The highest BCUT2D eigenvalue weighted by Crippen LogP contribution is 2.28. The molecule has 0 aliphatic carbocycles. The van der Waals surface area contributed by atoms with Crippen molar-refractivity contribution in [2.24, 2.45) is 0 Å². The average molecular weight is 350 g/mol. The number of halogens is 2. The molecule has 1 fully saturated rings. The number of carbonyl (C=O) groups is 2. The SMILES string of the molecule is COC(=O)Cc1ccc(N2CC(S(=O)(=O)Cl)CC2=O)cc1F. The first-order valence-corrected chi connectivity index (χ1v) is 8.68. The van der Waals surface area contributed by atoms with Crippen molar-refractivity contribution in [1.29, 1.82) is 0 Å². The molecule has 2 rings (SSSR count). The molecule has 0 saturated carbocycles. The van der Waals surface area contributed by atoms with Gasteiger partial charge in [-0.3, -0.25) is 9.59 Å². The van der Waals surface area contributed by atoms with E-state index in [9.17, 15) is 22.4 Å². The van der Waals surface area contributed by atoms with Crippen molar-refractivity contribution >= 4 is 37.3 Å². The van der Waals surface area contributed by atoms with E-state index in [4.69, 9.17) is 10.7 Å². The van der Waals surface area contributed by atoms with Gasteiger partial charge in [0.1, 0.15) is 11.1 Å². The Morgan fingerprint density at radius 1 is 1.50 bits per heavy atom. The van der Waals surface area contributed by atoms with Crippen molar-refractivity contribution in [3.63, 3.8) is 0 Å². The van der Waals surface area contributed by atoms with Crippen LogP contribution in [-0.4, -0.2) is 39.2 Å². The summed E-state index contributed by atoms with van der Waals surface area (Å²) in [6.07, 6.45) is -0.466. The van der Waals surface area contributed by atoms with Crippen LogP contribution in [0.5, 0.6) is 0 Å². The quantitative estimate of drug-likeness (QED) is 0.603. The van der Waals surface area contributed by atoms with Gasteiger partial charge in [-0.05, 0) is 17.7 Å². The summed E-state index contributed by atoms with van der Waals surface area (Å²) in [5.74, 6) is -1.71. The molecule has 22 heavy (non-hydrogen) atoms. The minimum Gasteiger partial charge on any atom is -0.469 e. The fourth-order valence-corrected chi connectivity index (χ4v) is 3.21. The Morgan fingerprint density at radius 2 is 2.18 bits per heavy atom. The second kappa shape index (κ2) is 6.21. The molecule has 1 aliphatic rings. The highest BCUT2D eigenvalue weighted by atomic mass is 35.7. The fourth-order valence-electron chi connectivity index (χ4n) is 2.19. The molecule has 120 valence electrons. The summed E-state index contributed by atoms with van der Waals surface area (Å²) < 4.78 is 41.0. The Balaban J connectivity index is 2.22. The summed E-state index contributed by atoms with van der Waals surface area (Å²) in [7, 11) is 2.59. The molecule has 0 N–H and O–H groups in total. The van der Waals surface area contributed by atoms with Gasteiger partial charge in [0.15, 0.2) is 0 Å². The molecule has 1 aliphatic heterocycles. The fraction of sp³-hybridized carbons (Fsp3) is 0.385. The number of nitrogens with zero attached hydrogens (tertiary/aromatic N) is 1. The lowest BCUT2D eigenvalue weighted by Gasteiger charge is -2.17. The van der Waals surface area contributed by atoms with Crippen LogP contribution in [-0.2, 0) is 29.8 Å². The lowest BCUT2D eigenvalue weighted by atomic mass is 10.1. The largest absolute Gasteiger partial charge is 0.469 e. The van der Waals surface area contributed by atoms with Crippen molar-refractivity contribution < 1.29 is 27.1 Å². The summed E-state index contributed by atoms with van der Waals surface area (Å²) in [6, 6.07) is 3.89. The van der Waals surface area contributed by atoms with Gasteiger partial charge in [0.05, 0.1) is 13.5 Å². The van der Waals surface area contributed by atoms with Crippen LogP contribution in [0.3, 0.4) is 0 Å². The van der Waals surface area contributed by atoms with Crippen molar-refractivity contribution in [2.45, 2.75) is 18.1 Å². The van der Waals surface area contributed by atoms with Crippen LogP contribution in [0.4, 0.5) is 10.1 Å². The third-order valence-electron chi connectivity index (χ3n) is 3.40. The molecule has 1 saturated heterocycles. The third-order valence-corrected chi connectivity index (χ3v) is 5.27. The van der Waals surface area contributed by atoms with E-state index in [1.807, 2.05) is 0 Å². The summed E-state index contributed by atoms with van der Waals surface area (Å²) in [6.45, 7) is -0.125. The van der Waals surface area contributed by atoms with E-state index in [-0.39, 0.29) is 30.6 Å². The maximum atomic E-state index is 14.0. The van der Waals surface area contributed by atoms with E-state index in [0.717, 1.165) is 11.0 Å². The minimum atomic E-state index is -3.86. The zero-order valence-electron chi connectivity index (χ0n) is 11.6. The average Bonchev–Trinajstić information content (AvgIpc) is 2.83. The van der Waals surface area contributed by atoms with E-state index < -0.39 is 32.0 Å². The summed E-state index contributed by atoms with van der Waals surface area (Å²) >= 11 is 0. The normalized spacial score (nSPS) is 18.6. The summed E-state index contributed by atoms with van der Waals surface area (Å²) in [4.78, 5) is 24.2. The third kappa shape index (κ3) is 3.56. The standard InChI is InChI=1S/C13H13ClFNO5S/c1-21-13(18)4-8-2-3-9(5-11(8)15)16-7-10(6-12(16)17)22(14,19)20/h2-3,5,10H,4,6-7H2,1H3. The van der Waals surface area contributed by atoms with E-state index in [2.05, 4.69) is 4.74 Å². The molecule has 1 aromatic rings. The Morgan fingerprint density at radius 3 is 2.68 bits per heavy atom. The summed E-state index contributed by atoms with van der Waals surface area (Å²) in [5.41, 5.74) is 0.350. The van der Waals surface area contributed by atoms with Gasteiger partial charge < -0.3 is 9.64 Å². The van der Waals surface area contributed by atoms with Gasteiger partial charge >= 0.3 is 5.97 Å². The Bertz CT molecular complexity index is 721. The van der Waals surface area contributed by atoms with Crippen molar-refractivity contribution in [2.75, 3.05) is 18.6 Å². The molecule has 1 amide bonds. The van der Waals surface area contributed by atoms with Crippen LogP contribution in [0, 0.1) is 5.82 Å². The molecular weight excluding hydrogens is 337 g/mol. The van der Waals surface area contributed by atoms with Gasteiger partial charge in [0.2, 0.25) is 15.0 Å². The second-order valence-corrected chi connectivity index (χ2v) is 7.74. The van der Waals surface area contributed by atoms with Gasteiger partial charge in [-0.25, -0.2) is 12.8 Å². The predicted octanol–water partition coefficient (Wildman–Crippen LogP) is 1.22. The lowest BCUT2D eigenvalue weighted by Crippen LogP contribution is -2.26. The first-order chi connectivity index (χ1) is 10.2. The predicted molar refractivity (Wildman–Crippen MR) is 77.7 cm³/mol. The molecule has 1 heterocycles. The first kappa shape index (κ1) is 16.7. The smallest absolute Gasteiger partial charge is 0.310 e. The Labute approximate surface area is 131 Å². The Hall–Kier alpha value is -1.67. The zero-order chi connectivity index (χ0) is 16.5. The highest BCUT2D eigenvalue weighted by molar-refractivity contribution is 8.14. The van der Waals surface area contributed by atoms with Crippen LogP contribution >= 0.6 is 10.7 Å². The van der Waals surface area contributed by atoms with Crippen molar-refractivity contribution in [3.05, 3.63) is 29.6 Å². The van der Waals surface area contributed by atoms with Gasteiger partial charge in [0, 0.05) is 29.3 Å². The number of hydrogen-bond acceptors (Lipinski definition) is 5. The molecule has 0 radical (unpaired) electrons. The highest BCUT2D eigenvalue weighted by Gasteiger charge is 2.38. The van der Waals surface area contributed by atoms with Crippen molar-refractivity contribution in [1.82, 2.24) is 0 Å². The number of amides is 1. The summed E-state index contributed by atoms with van der Waals surface area (Å²) in [5, 5.41) is -1.01. The van der Waals surface area contributed by atoms with E-state index in [1.165, 1.54) is 19.2 Å². The number of carbonyl (C=O) groups excluding carboxylic acids is 2. The molecule has 0 aromatic heterocycles. The van der Waals surface area contributed by atoms with E-state index in [0.29, 0.717) is 0 Å². The number of hydrogen-bond donors (Lipinski definition) is 0. The number of methoxy groups -OCH3 is 1. The molecule has 0 spiro atoms. The number of benzene rings is 1. The maximum Gasteiger partial charge on any atom is 0.310 e. The van der Waals surface area contributed by atoms with Gasteiger partial charge in [-0.1, -0.05) is 6.07 Å². The molecule has 9 heteroatoms. The van der Waals surface area contributed by atoms with Crippen LogP contribution in [0.1, 0.15) is 12.0 Å². The van der Waals surface area contributed by atoms with Crippen LogP contribution in [0.15, 0.2) is 18.2 Å². The Kier molecular flexibility index (Phi) is 4.72. The lowest BCUT2D eigenvalue weighted by molar-refractivity contribution is -0.139. The monoisotopic (exact) mass is 349 g/mol. The van der Waals surface area contributed by atoms with Crippen molar-refractivity contribution in [3.8, 4) is 0 Å². The van der Waals surface area contributed by atoms with Crippen LogP contribution in [0.25, 0.3) is 0 Å². The minimum absolute atomic E-state index is 0.125. The second-order valence-electron chi connectivity index (χ2n) is 4.83. The molecule has 6 nitrogen and oxygen atoms in total. The molecule has 0 bridgehead atoms. The van der Waals surface area contributed by atoms with Crippen LogP contribution in [0.2, 0.25) is 0 Å². The zero-order valence-corrected chi connectivity index (χ0v) is 13.2. The molecule has 1 unspecified atom stereocenters. The van der Waals surface area contributed by atoms with Gasteiger partial charge in [-0.2, -0.15) is 0 Å². The first-order valence-electron chi connectivity index (χ1n) is 6.31. The van der Waals surface area contributed by atoms with Crippen LogP contribution < -0.4 is 4.90 Å². The topological polar surface area (TPSA) is 80.8 Å². The number of rotatable bonds is 4. The van der Waals surface area contributed by atoms with Gasteiger partial charge in [0.25, 0.3) is 0 Å².